The van der Waals surface area contributed by atoms with Crippen molar-refractivity contribution in [2.75, 3.05) is 25.6 Å². The molecule has 0 amide bonds. The van der Waals surface area contributed by atoms with Crippen LogP contribution >= 0.6 is 0 Å². The highest BCUT2D eigenvalue weighted by molar-refractivity contribution is 6.09. The number of benzene rings is 1. The number of hydrogen-bond donors (Lipinski definition) is 3. The van der Waals surface area contributed by atoms with Crippen molar-refractivity contribution in [1.82, 2.24) is 4.98 Å². The van der Waals surface area contributed by atoms with Gasteiger partial charge in [0.2, 0.25) is 5.88 Å². The first kappa shape index (κ1) is 20.8. The second-order valence-corrected chi connectivity index (χ2v) is 5.46. The van der Waals surface area contributed by atoms with E-state index in [9.17, 15) is 9.90 Å². The molecular formula is C20H23N3O5. The Morgan fingerprint density at radius 2 is 1.96 bits per heavy atom. The molecule has 1 aromatic heterocycles. The fourth-order valence-corrected chi connectivity index (χ4v) is 2.37. The van der Waals surface area contributed by atoms with Crippen molar-refractivity contribution in [3.05, 3.63) is 47.9 Å². The number of nitrogens with one attached hydrogen (secondary N) is 2. The van der Waals surface area contributed by atoms with Gasteiger partial charge in [-0.3, -0.25) is 0 Å². The predicted octanol–water partition coefficient (Wildman–Crippen LogP) is 3.34. The molecule has 3 N–H and O–H groups in total. The van der Waals surface area contributed by atoms with E-state index in [0.29, 0.717) is 22.8 Å². The number of aromatic hydroxyl groups is 1. The number of pyridine rings is 1. The lowest BCUT2D eigenvalue weighted by molar-refractivity contribution is -0.138. The quantitative estimate of drug-likeness (QED) is 0.262. The normalized spacial score (nSPS) is 11.2. The molecular weight excluding hydrogens is 362 g/mol. The lowest BCUT2D eigenvalue weighted by Gasteiger charge is -2.15. The number of carbonyl (C=O) groups is 1. The van der Waals surface area contributed by atoms with E-state index in [2.05, 4.69) is 10.3 Å². The number of esters is 1. The highest BCUT2D eigenvalue weighted by Gasteiger charge is 2.17. The van der Waals surface area contributed by atoms with Crippen LogP contribution < -0.4 is 10.1 Å². The molecule has 1 aromatic carbocycles. The topological polar surface area (TPSA) is 114 Å². The number of ether oxygens (including phenoxy) is 3. The van der Waals surface area contributed by atoms with Crippen LogP contribution in [0, 0.1) is 5.41 Å². The Morgan fingerprint density at radius 3 is 2.61 bits per heavy atom. The monoisotopic (exact) mass is 385 g/mol. The van der Waals surface area contributed by atoms with Gasteiger partial charge >= 0.3 is 5.97 Å². The Bertz CT molecular complexity index is 880. The zero-order valence-corrected chi connectivity index (χ0v) is 16.0. The Kier molecular flexibility index (Phi) is 7.38. The largest absolute Gasteiger partial charge is 0.507 e. The van der Waals surface area contributed by atoms with Crippen molar-refractivity contribution in [1.29, 1.82) is 5.41 Å². The number of aromatic nitrogens is 1. The van der Waals surface area contributed by atoms with Gasteiger partial charge in [-0.15, -0.1) is 0 Å². The number of carbonyl (C=O) groups excluding carboxylic acids is 1. The van der Waals surface area contributed by atoms with Gasteiger partial charge in [-0.1, -0.05) is 6.07 Å². The van der Waals surface area contributed by atoms with Gasteiger partial charge in [-0.05, 0) is 44.2 Å². The summed E-state index contributed by atoms with van der Waals surface area (Å²) in [6, 6.07) is 9.98. The minimum Gasteiger partial charge on any atom is -0.507 e. The van der Waals surface area contributed by atoms with Gasteiger partial charge in [0.25, 0.3) is 0 Å². The minimum absolute atomic E-state index is 0.0535. The molecule has 1 heterocycles. The average Bonchev–Trinajstić information content (AvgIpc) is 2.69. The van der Waals surface area contributed by atoms with Gasteiger partial charge in [-0.2, -0.15) is 0 Å². The molecule has 0 aliphatic rings. The molecule has 0 atom stereocenters. The molecule has 148 valence electrons. The lowest BCUT2D eigenvalue weighted by atomic mass is 10.1. The molecule has 28 heavy (non-hydrogen) atoms. The number of phenols is 1. The smallest absolute Gasteiger partial charge is 0.345 e. The zero-order valence-electron chi connectivity index (χ0n) is 16.0. The van der Waals surface area contributed by atoms with Crippen LogP contribution in [0.5, 0.6) is 11.5 Å². The van der Waals surface area contributed by atoms with E-state index in [1.807, 2.05) is 0 Å². The number of nitrogens with zero attached hydrogens (tertiary/aromatic N) is 1. The Labute approximate surface area is 163 Å². The van der Waals surface area contributed by atoms with E-state index in [1.165, 1.54) is 13.2 Å². The first-order valence-corrected chi connectivity index (χ1v) is 8.70. The van der Waals surface area contributed by atoms with E-state index >= 15 is 0 Å². The predicted molar refractivity (Wildman–Crippen MR) is 106 cm³/mol. The third kappa shape index (κ3) is 5.00. The number of methoxy groups -OCH3 is 1. The van der Waals surface area contributed by atoms with Gasteiger partial charge in [-0.25, -0.2) is 9.78 Å². The summed E-state index contributed by atoms with van der Waals surface area (Å²) in [5.41, 5.74) is 0.924. The summed E-state index contributed by atoms with van der Waals surface area (Å²) >= 11 is 0. The lowest BCUT2D eigenvalue weighted by Crippen LogP contribution is -2.17. The molecule has 8 heteroatoms. The molecule has 0 aliphatic carbocycles. The highest BCUT2D eigenvalue weighted by atomic mass is 16.5. The van der Waals surface area contributed by atoms with Crippen LogP contribution in [0.3, 0.4) is 0 Å². The van der Waals surface area contributed by atoms with Crippen molar-refractivity contribution in [2.24, 2.45) is 0 Å². The molecule has 8 nitrogen and oxygen atoms in total. The van der Waals surface area contributed by atoms with Crippen LogP contribution in [-0.2, 0) is 14.3 Å². The number of anilines is 1. The summed E-state index contributed by atoms with van der Waals surface area (Å²) in [5, 5.41) is 20.6. The fourth-order valence-electron chi connectivity index (χ4n) is 2.37. The summed E-state index contributed by atoms with van der Waals surface area (Å²) < 4.78 is 15.6. The first-order chi connectivity index (χ1) is 13.5. The van der Waals surface area contributed by atoms with Crippen LogP contribution in [0.15, 0.2) is 47.9 Å². The van der Waals surface area contributed by atoms with E-state index in [0.717, 1.165) is 6.21 Å². The standard InChI is InChI=1S/C20H23N3O5/c1-4-27-19(15(12-21)20(25)28-5-2)23-18-8-6-7-16(22-18)14-11-13(26-3)9-10-17(14)24/h6-12,21,24H,4-5H2,1-3H3,(H,22,23)/b19-15-,21-12?. The van der Waals surface area contributed by atoms with E-state index in [4.69, 9.17) is 19.6 Å². The van der Waals surface area contributed by atoms with Gasteiger partial charge in [0.05, 0.1) is 26.0 Å². The average molecular weight is 385 g/mol. The molecule has 0 bridgehead atoms. The summed E-state index contributed by atoms with van der Waals surface area (Å²) in [7, 11) is 1.54. The van der Waals surface area contributed by atoms with Gasteiger partial charge in [0.1, 0.15) is 22.9 Å². The summed E-state index contributed by atoms with van der Waals surface area (Å²) in [5.74, 6) is 0.395. The second kappa shape index (κ2) is 9.96. The molecule has 0 unspecified atom stereocenters. The maximum Gasteiger partial charge on any atom is 0.345 e. The van der Waals surface area contributed by atoms with E-state index < -0.39 is 5.97 Å². The van der Waals surface area contributed by atoms with Crippen molar-refractivity contribution >= 4 is 18.0 Å². The summed E-state index contributed by atoms with van der Waals surface area (Å²) in [6.07, 6.45) is 0.869. The third-order valence-corrected chi connectivity index (χ3v) is 3.64. The van der Waals surface area contributed by atoms with Gasteiger partial charge < -0.3 is 30.0 Å². The Hall–Kier alpha value is -3.55. The maximum atomic E-state index is 12.1. The molecule has 2 rings (SSSR count). The maximum absolute atomic E-state index is 12.1. The molecule has 0 saturated carbocycles. The van der Waals surface area contributed by atoms with Crippen LogP contribution in [0.25, 0.3) is 11.3 Å². The van der Waals surface area contributed by atoms with Crippen LogP contribution in [-0.4, -0.2) is 42.6 Å². The second-order valence-electron chi connectivity index (χ2n) is 5.46. The van der Waals surface area contributed by atoms with Gasteiger partial charge in [0, 0.05) is 11.8 Å². The van der Waals surface area contributed by atoms with Crippen LogP contribution in [0.2, 0.25) is 0 Å². The van der Waals surface area contributed by atoms with E-state index in [-0.39, 0.29) is 30.4 Å². The SMILES string of the molecule is CCOC(=O)/C(C=N)=C(/Nc1cccc(-c2cc(OC)ccc2O)n1)OCC. The minimum atomic E-state index is -0.671. The molecule has 2 aromatic rings. The number of hydrogen-bond acceptors (Lipinski definition) is 8. The number of rotatable bonds is 9. The van der Waals surface area contributed by atoms with Crippen LogP contribution in [0.4, 0.5) is 5.82 Å². The summed E-state index contributed by atoms with van der Waals surface area (Å²) in [4.78, 5) is 16.5. The summed E-state index contributed by atoms with van der Waals surface area (Å²) in [6.45, 7) is 3.89. The Balaban J connectivity index is 2.41. The molecule has 0 fully saturated rings. The number of phenolic OH excluding ortho intramolecular Hbond substituents is 1. The van der Waals surface area contributed by atoms with Crippen molar-refractivity contribution in [3.8, 4) is 22.8 Å². The van der Waals surface area contributed by atoms with Crippen LogP contribution in [0.1, 0.15) is 13.8 Å². The Morgan fingerprint density at radius 1 is 1.21 bits per heavy atom. The van der Waals surface area contributed by atoms with E-state index in [1.54, 1.807) is 44.2 Å². The van der Waals surface area contributed by atoms with Crippen molar-refractivity contribution in [2.45, 2.75) is 13.8 Å². The van der Waals surface area contributed by atoms with Crippen molar-refractivity contribution in [3.63, 3.8) is 0 Å². The first-order valence-electron chi connectivity index (χ1n) is 8.70. The zero-order chi connectivity index (χ0) is 20.5. The highest BCUT2D eigenvalue weighted by Crippen LogP contribution is 2.32. The fraction of sp³-hybridized carbons (Fsp3) is 0.250. The third-order valence-electron chi connectivity index (χ3n) is 3.64. The molecule has 0 saturated heterocycles. The molecule has 0 spiro atoms. The van der Waals surface area contributed by atoms with Gasteiger partial charge in [0.15, 0.2) is 0 Å². The van der Waals surface area contributed by atoms with Crippen molar-refractivity contribution < 1.29 is 24.1 Å². The molecule has 0 radical (unpaired) electrons. The molecule has 0 aliphatic heterocycles.